The van der Waals surface area contributed by atoms with E-state index in [9.17, 15) is 9.90 Å². The van der Waals surface area contributed by atoms with Crippen LogP contribution in [0.5, 0.6) is 5.75 Å². The maximum atomic E-state index is 12.1. The minimum atomic E-state index is -0.358. The van der Waals surface area contributed by atoms with Gasteiger partial charge in [-0.3, -0.25) is 9.48 Å². The van der Waals surface area contributed by atoms with Gasteiger partial charge < -0.3 is 10.4 Å². The van der Waals surface area contributed by atoms with E-state index >= 15 is 0 Å². The van der Waals surface area contributed by atoms with Crippen molar-refractivity contribution in [2.24, 2.45) is 7.05 Å². The van der Waals surface area contributed by atoms with Crippen molar-refractivity contribution in [3.8, 4) is 11.8 Å². The summed E-state index contributed by atoms with van der Waals surface area (Å²) in [6.07, 6.45) is 1.39. The van der Waals surface area contributed by atoms with Crippen LogP contribution < -0.4 is 5.32 Å². The molecule has 19 heavy (non-hydrogen) atoms. The molecule has 0 aliphatic carbocycles. The minimum absolute atomic E-state index is 0.134. The first-order chi connectivity index (χ1) is 9.02. The van der Waals surface area contributed by atoms with Gasteiger partial charge >= 0.3 is 0 Å². The number of nitrogens with zero attached hydrogens (tertiary/aromatic N) is 3. The number of anilines is 1. The minimum Gasteiger partial charge on any atom is -0.508 e. The van der Waals surface area contributed by atoms with Crippen molar-refractivity contribution in [2.45, 2.75) is 6.92 Å². The predicted octanol–water partition coefficient (Wildman–Crippen LogP) is 1.56. The predicted molar refractivity (Wildman–Crippen MR) is 68.7 cm³/mol. The molecule has 0 bridgehead atoms. The van der Waals surface area contributed by atoms with Crippen molar-refractivity contribution in [1.82, 2.24) is 9.78 Å². The van der Waals surface area contributed by atoms with Gasteiger partial charge in [0.1, 0.15) is 23.2 Å². The van der Waals surface area contributed by atoms with E-state index in [2.05, 4.69) is 10.4 Å². The number of hydrogen-bond donors (Lipinski definition) is 2. The van der Waals surface area contributed by atoms with Crippen LogP contribution in [0.3, 0.4) is 0 Å². The summed E-state index contributed by atoms with van der Waals surface area (Å²) in [4.78, 5) is 12.1. The van der Waals surface area contributed by atoms with Gasteiger partial charge in [-0.25, -0.2) is 0 Å². The van der Waals surface area contributed by atoms with Crippen LogP contribution in [-0.2, 0) is 7.05 Å². The molecule has 2 aromatic rings. The maximum Gasteiger partial charge on any atom is 0.256 e. The van der Waals surface area contributed by atoms with Crippen LogP contribution >= 0.6 is 0 Å². The number of aromatic hydroxyl groups is 1. The Kier molecular flexibility index (Phi) is 3.21. The Bertz CT molecular complexity index is 682. The lowest BCUT2D eigenvalue weighted by Gasteiger charge is -2.07. The van der Waals surface area contributed by atoms with Crippen LogP contribution in [0.25, 0.3) is 0 Å². The lowest BCUT2D eigenvalue weighted by atomic mass is 10.1. The number of phenols is 1. The third-order valence-corrected chi connectivity index (χ3v) is 2.75. The van der Waals surface area contributed by atoms with Gasteiger partial charge in [-0.05, 0) is 30.7 Å². The number of amides is 1. The molecule has 0 radical (unpaired) electrons. The molecule has 0 unspecified atom stereocenters. The first-order valence-corrected chi connectivity index (χ1v) is 5.56. The van der Waals surface area contributed by atoms with Crippen molar-refractivity contribution in [1.29, 1.82) is 5.26 Å². The molecule has 6 heteroatoms. The van der Waals surface area contributed by atoms with Crippen LogP contribution in [0.15, 0.2) is 24.4 Å². The number of nitrogens with one attached hydrogen (secondary N) is 1. The summed E-state index contributed by atoms with van der Waals surface area (Å²) in [5.41, 5.74) is 1.31. The number of benzene rings is 1. The molecule has 0 aliphatic rings. The third-order valence-electron chi connectivity index (χ3n) is 2.75. The molecule has 0 saturated heterocycles. The molecule has 0 fully saturated rings. The number of nitriles is 1. The van der Waals surface area contributed by atoms with Crippen LogP contribution in [0.1, 0.15) is 21.5 Å². The van der Waals surface area contributed by atoms with E-state index in [4.69, 9.17) is 5.26 Å². The molecule has 1 amide bonds. The summed E-state index contributed by atoms with van der Waals surface area (Å²) < 4.78 is 1.42. The van der Waals surface area contributed by atoms with Crippen molar-refractivity contribution in [3.05, 3.63) is 41.1 Å². The zero-order valence-electron chi connectivity index (χ0n) is 10.5. The Morgan fingerprint density at radius 3 is 2.89 bits per heavy atom. The molecular formula is C13H12N4O2. The lowest BCUT2D eigenvalue weighted by molar-refractivity contribution is 0.102. The van der Waals surface area contributed by atoms with E-state index in [0.29, 0.717) is 22.5 Å². The molecule has 0 atom stereocenters. The monoisotopic (exact) mass is 256 g/mol. The summed E-state index contributed by atoms with van der Waals surface area (Å²) in [6.45, 7) is 1.71. The van der Waals surface area contributed by atoms with Crippen LogP contribution in [0, 0.1) is 18.3 Å². The van der Waals surface area contributed by atoms with Crippen molar-refractivity contribution < 1.29 is 9.90 Å². The lowest BCUT2D eigenvalue weighted by Crippen LogP contribution is -2.15. The van der Waals surface area contributed by atoms with Crippen LogP contribution in [0.4, 0.5) is 5.82 Å². The Hall–Kier alpha value is -2.81. The highest BCUT2D eigenvalue weighted by Crippen LogP contribution is 2.19. The van der Waals surface area contributed by atoms with E-state index in [1.807, 2.05) is 6.07 Å². The number of carbonyl (C=O) groups excluding carboxylic acids is 1. The fourth-order valence-electron chi connectivity index (χ4n) is 1.64. The second kappa shape index (κ2) is 4.82. The van der Waals surface area contributed by atoms with Crippen LogP contribution in [-0.4, -0.2) is 20.8 Å². The number of aryl methyl sites for hydroxylation is 2. The van der Waals surface area contributed by atoms with E-state index in [-0.39, 0.29) is 11.7 Å². The number of hydrogen-bond acceptors (Lipinski definition) is 4. The number of rotatable bonds is 2. The summed E-state index contributed by atoms with van der Waals surface area (Å²) in [7, 11) is 1.64. The molecule has 0 spiro atoms. The highest BCUT2D eigenvalue weighted by Gasteiger charge is 2.13. The van der Waals surface area contributed by atoms with E-state index < -0.39 is 0 Å². The van der Waals surface area contributed by atoms with Gasteiger partial charge in [-0.15, -0.1) is 0 Å². The smallest absolute Gasteiger partial charge is 0.256 e. The highest BCUT2D eigenvalue weighted by atomic mass is 16.3. The Labute approximate surface area is 109 Å². The summed E-state index contributed by atoms with van der Waals surface area (Å²) in [5, 5.41) is 24.9. The molecule has 6 nitrogen and oxygen atoms in total. The zero-order chi connectivity index (χ0) is 14.0. The summed E-state index contributed by atoms with van der Waals surface area (Å²) >= 11 is 0. The van der Waals surface area contributed by atoms with Gasteiger partial charge in [0, 0.05) is 12.6 Å². The SMILES string of the molecule is Cc1cc(C(=O)Nc2c(C#N)cnn2C)ccc1O. The van der Waals surface area contributed by atoms with Crippen molar-refractivity contribution in [3.63, 3.8) is 0 Å². The fourth-order valence-corrected chi connectivity index (χ4v) is 1.64. The number of carbonyl (C=O) groups is 1. The Balaban J connectivity index is 2.28. The molecule has 1 heterocycles. The molecule has 0 aliphatic heterocycles. The average molecular weight is 256 g/mol. The van der Waals surface area contributed by atoms with Gasteiger partial charge in [0.05, 0.1) is 6.20 Å². The van der Waals surface area contributed by atoms with Crippen LogP contribution in [0.2, 0.25) is 0 Å². The molecule has 2 N–H and O–H groups in total. The summed E-state index contributed by atoms with van der Waals surface area (Å²) in [6, 6.07) is 6.50. The van der Waals surface area contributed by atoms with Gasteiger partial charge in [0.25, 0.3) is 5.91 Å². The van der Waals surface area contributed by atoms with Crippen molar-refractivity contribution in [2.75, 3.05) is 5.32 Å². The first-order valence-electron chi connectivity index (χ1n) is 5.56. The number of phenolic OH excluding ortho intramolecular Hbond substituents is 1. The first kappa shape index (κ1) is 12.6. The molecule has 0 saturated carbocycles. The number of aromatic nitrogens is 2. The molecule has 1 aromatic carbocycles. The molecule has 96 valence electrons. The van der Waals surface area contributed by atoms with Gasteiger partial charge in [-0.2, -0.15) is 10.4 Å². The standard InChI is InChI=1S/C13H12N4O2/c1-8-5-9(3-4-11(8)18)13(19)16-12-10(6-14)7-15-17(12)2/h3-5,7,18H,1-2H3,(H,16,19). The van der Waals surface area contributed by atoms with E-state index in [1.165, 1.54) is 23.0 Å². The summed E-state index contributed by atoms with van der Waals surface area (Å²) in [5.74, 6) is 0.122. The molecule has 1 aromatic heterocycles. The average Bonchev–Trinajstić information content (AvgIpc) is 2.74. The molecular weight excluding hydrogens is 244 g/mol. The normalized spacial score (nSPS) is 9.95. The molecule has 2 rings (SSSR count). The Morgan fingerprint density at radius 1 is 1.53 bits per heavy atom. The Morgan fingerprint density at radius 2 is 2.26 bits per heavy atom. The zero-order valence-corrected chi connectivity index (χ0v) is 10.5. The second-order valence-electron chi connectivity index (χ2n) is 4.10. The van der Waals surface area contributed by atoms with Gasteiger partial charge in [0.2, 0.25) is 0 Å². The van der Waals surface area contributed by atoms with Gasteiger partial charge in [-0.1, -0.05) is 0 Å². The van der Waals surface area contributed by atoms with Gasteiger partial charge in [0.15, 0.2) is 0 Å². The van der Waals surface area contributed by atoms with E-state index in [1.54, 1.807) is 20.0 Å². The maximum absolute atomic E-state index is 12.1. The largest absolute Gasteiger partial charge is 0.508 e. The van der Waals surface area contributed by atoms with Crippen molar-refractivity contribution >= 4 is 11.7 Å². The quantitative estimate of drug-likeness (QED) is 0.853. The fraction of sp³-hybridized carbons (Fsp3) is 0.154. The van der Waals surface area contributed by atoms with E-state index in [0.717, 1.165) is 0 Å². The highest BCUT2D eigenvalue weighted by molar-refractivity contribution is 6.04. The third kappa shape index (κ3) is 2.40. The second-order valence-corrected chi connectivity index (χ2v) is 4.10. The topological polar surface area (TPSA) is 90.9 Å².